The number of oxime groups is 1. The molecule has 1 aliphatic carbocycles. The van der Waals surface area contributed by atoms with E-state index in [4.69, 9.17) is 14.3 Å². The van der Waals surface area contributed by atoms with E-state index in [1.54, 1.807) is 14.2 Å². The van der Waals surface area contributed by atoms with Crippen molar-refractivity contribution in [1.29, 1.82) is 0 Å². The van der Waals surface area contributed by atoms with Gasteiger partial charge in [-0.15, -0.1) is 0 Å². The first-order valence-corrected chi connectivity index (χ1v) is 5.70. The molecule has 0 bridgehead atoms. The lowest BCUT2D eigenvalue weighted by molar-refractivity contribution is 0.0511. The van der Waals surface area contributed by atoms with Gasteiger partial charge in [-0.2, -0.15) is 0 Å². The molecule has 1 aliphatic rings. The van der Waals surface area contributed by atoms with Crippen molar-refractivity contribution in [2.24, 2.45) is 5.16 Å². The molecule has 17 heavy (non-hydrogen) atoms. The average Bonchev–Trinajstić information content (AvgIpc) is 2.37. The van der Waals surface area contributed by atoms with Crippen LogP contribution in [0.1, 0.15) is 24.0 Å². The third-order valence-electron chi connectivity index (χ3n) is 2.79. The fourth-order valence-corrected chi connectivity index (χ4v) is 2.06. The van der Waals surface area contributed by atoms with Gasteiger partial charge in [0.2, 0.25) is 0 Å². The van der Waals surface area contributed by atoms with E-state index in [-0.39, 0.29) is 6.79 Å². The highest BCUT2D eigenvalue weighted by molar-refractivity contribution is 6.02. The minimum absolute atomic E-state index is 0.276. The van der Waals surface area contributed by atoms with Crippen molar-refractivity contribution < 1.29 is 14.3 Å². The number of rotatable bonds is 4. The second kappa shape index (κ2) is 5.68. The van der Waals surface area contributed by atoms with Crippen molar-refractivity contribution in [3.63, 3.8) is 0 Å². The van der Waals surface area contributed by atoms with Gasteiger partial charge in [0.25, 0.3) is 0 Å². The van der Waals surface area contributed by atoms with Crippen LogP contribution in [0.5, 0.6) is 5.75 Å². The van der Waals surface area contributed by atoms with E-state index < -0.39 is 0 Å². The third-order valence-corrected chi connectivity index (χ3v) is 2.79. The summed E-state index contributed by atoms with van der Waals surface area (Å²) in [6.07, 6.45) is 3.13. The Labute approximate surface area is 101 Å². The Kier molecular flexibility index (Phi) is 3.98. The largest absolute Gasteiger partial charge is 0.468 e. The van der Waals surface area contributed by atoms with Crippen molar-refractivity contribution in [3.05, 3.63) is 29.3 Å². The van der Waals surface area contributed by atoms with Gasteiger partial charge in [0.1, 0.15) is 12.9 Å². The number of ether oxygens (including phenoxy) is 2. The Bertz CT molecular complexity index is 415. The molecule has 4 heteroatoms. The standard InChI is InChI=1S/C13H17NO3/c1-15-9-17-11-6-7-12-10(8-11)4-3-5-13(12)14-16-2/h6-8H,3-5,9H2,1-2H3/b14-13+. The smallest absolute Gasteiger partial charge is 0.188 e. The topological polar surface area (TPSA) is 40.0 Å². The predicted molar refractivity (Wildman–Crippen MR) is 65.4 cm³/mol. The fourth-order valence-electron chi connectivity index (χ4n) is 2.06. The van der Waals surface area contributed by atoms with Gasteiger partial charge in [0.15, 0.2) is 6.79 Å². The van der Waals surface area contributed by atoms with Crippen LogP contribution in [0.4, 0.5) is 0 Å². The maximum absolute atomic E-state index is 5.42. The van der Waals surface area contributed by atoms with Gasteiger partial charge in [0, 0.05) is 12.7 Å². The van der Waals surface area contributed by atoms with E-state index in [0.717, 1.165) is 30.7 Å². The molecule has 0 aliphatic heterocycles. The molecule has 0 saturated carbocycles. The molecule has 0 N–H and O–H groups in total. The summed E-state index contributed by atoms with van der Waals surface area (Å²) in [5.74, 6) is 0.837. The first-order chi connectivity index (χ1) is 8.35. The van der Waals surface area contributed by atoms with E-state index in [9.17, 15) is 0 Å². The lowest BCUT2D eigenvalue weighted by Crippen LogP contribution is -2.12. The molecular weight excluding hydrogens is 218 g/mol. The highest BCUT2D eigenvalue weighted by Gasteiger charge is 2.16. The first kappa shape index (κ1) is 11.9. The first-order valence-electron chi connectivity index (χ1n) is 5.70. The normalized spacial score (nSPS) is 16.7. The zero-order valence-electron chi connectivity index (χ0n) is 10.2. The summed E-state index contributed by atoms with van der Waals surface area (Å²) in [6, 6.07) is 6.03. The minimum Gasteiger partial charge on any atom is -0.468 e. The van der Waals surface area contributed by atoms with Crippen LogP contribution in [-0.2, 0) is 16.0 Å². The van der Waals surface area contributed by atoms with E-state index in [1.807, 2.05) is 12.1 Å². The van der Waals surface area contributed by atoms with E-state index >= 15 is 0 Å². The number of aryl methyl sites for hydroxylation is 1. The molecule has 0 unspecified atom stereocenters. The van der Waals surface area contributed by atoms with Crippen LogP contribution < -0.4 is 4.74 Å². The van der Waals surface area contributed by atoms with Crippen molar-refractivity contribution in [2.45, 2.75) is 19.3 Å². The summed E-state index contributed by atoms with van der Waals surface area (Å²) in [5, 5.41) is 4.07. The lowest BCUT2D eigenvalue weighted by atomic mass is 9.90. The molecule has 0 heterocycles. The molecule has 0 fully saturated rings. The van der Waals surface area contributed by atoms with E-state index in [1.165, 1.54) is 11.1 Å². The number of fused-ring (bicyclic) bond motifs is 1. The zero-order valence-corrected chi connectivity index (χ0v) is 10.2. The Morgan fingerprint density at radius 1 is 1.24 bits per heavy atom. The lowest BCUT2D eigenvalue weighted by Gasteiger charge is -2.18. The summed E-state index contributed by atoms with van der Waals surface area (Å²) < 4.78 is 10.3. The number of methoxy groups -OCH3 is 1. The Hall–Kier alpha value is -1.55. The highest BCUT2D eigenvalue weighted by Crippen LogP contribution is 2.26. The monoisotopic (exact) mass is 235 g/mol. The molecule has 0 spiro atoms. The van der Waals surface area contributed by atoms with Gasteiger partial charge in [-0.3, -0.25) is 0 Å². The van der Waals surface area contributed by atoms with Gasteiger partial charge in [-0.25, -0.2) is 0 Å². The summed E-state index contributed by atoms with van der Waals surface area (Å²) in [7, 11) is 3.19. The zero-order chi connectivity index (χ0) is 12.1. The SMILES string of the molecule is COCOc1ccc2c(c1)CCC/C2=N\OC. The summed E-state index contributed by atoms with van der Waals surface area (Å²) in [5.41, 5.74) is 3.45. The van der Waals surface area contributed by atoms with Crippen LogP contribution in [0.2, 0.25) is 0 Å². The van der Waals surface area contributed by atoms with E-state index in [0.29, 0.717) is 0 Å². The maximum Gasteiger partial charge on any atom is 0.188 e. The molecule has 0 amide bonds. The Morgan fingerprint density at radius 3 is 2.88 bits per heavy atom. The fraction of sp³-hybridized carbons (Fsp3) is 0.462. The molecule has 4 nitrogen and oxygen atoms in total. The molecule has 2 rings (SSSR count). The van der Waals surface area contributed by atoms with Crippen LogP contribution in [-0.4, -0.2) is 26.7 Å². The second-order valence-electron chi connectivity index (χ2n) is 3.94. The minimum atomic E-state index is 0.276. The quantitative estimate of drug-likeness (QED) is 0.594. The predicted octanol–water partition coefficient (Wildman–Crippen LogP) is 2.36. The highest BCUT2D eigenvalue weighted by atomic mass is 16.7. The third kappa shape index (κ3) is 2.77. The van der Waals surface area contributed by atoms with Crippen LogP contribution in [0.3, 0.4) is 0 Å². The summed E-state index contributed by atoms with van der Waals surface area (Å²) in [6.45, 7) is 0.276. The van der Waals surface area contributed by atoms with Crippen LogP contribution >= 0.6 is 0 Å². The van der Waals surface area contributed by atoms with Crippen LogP contribution in [0.15, 0.2) is 23.4 Å². The van der Waals surface area contributed by atoms with Crippen molar-refractivity contribution in [2.75, 3.05) is 21.0 Å². The molecule has 92 valence electrons. The molecular formula is C13H17NO3. The Morgan fingerprint density at radius 2 is 2.12 bits per heavy atom. The van der Waals surface area contributed by atoms with Crippen molar-refractivity contribution in [3.8, 4) is 5.75 Å². The van der Waals surface area contributed by atoms with E-state index in [2.05, 4.69) is 11.2 Å². The number of benzene rings is 1. The Balaban J connectivity index is 2.23. The van der Waals surface area contributed by atoms with Gasteiger partial charge in [-0.1, -0.05) is 5.16 Å². The number of nitrogens with zero attached hydrogens (tertiary/aromatic N) is 1. The maximum atomic E-state index is 5.42. The molecule has 0 saturated heterocycles. The number of hydrogen-bond donors (Lipinski definition) is 0. The van der Waals surface area contributed by atoms with Gasteiger partial charge < -0.3 is 14.3 Å². The number of hydrogen-bond acceptors (Lipinski definition) is 4. The van der Waals surface area contributed by atoms with Gasteiger partial charge >= 0.3 is 0 Å². The average molecular weight is 235 g/mol. The van der Waals surface area contributed by atoms with Crippen LogP contribution in [0.25, 0.3) is 0 Å². The van der Waals surface area contributed by atoms with Crippen molar-refractivity contribution in [1.82, 2.24) is 0 Å². The molecule has 0 radical (unpaired) electrons. The summed E-state index contributed by atoms with van der Waals surface area (Å²) >= 11 is 0. The molecule has 0 atom stereocenters. The second-order valence-corrected chi connectivity index (χ2v) is 3.94. The molecule has 1 aromatic rings. The van der Waals surface area contributed by atoms with Crippen LogP contribution in [0, 0.1) is 0 Å². The van der Waals surface area contributed by atoms with Gasteiger partial charge in [0.05, 0.1) is 5.71 Å². The van der Waals surface area contributed by atoms with Crippen molar-refractivity contribution >= 4 is 5.71 Å². The molecule has 1 aromatic carbocycles. The molecule has 0 aromatic heterocycles. The summed E-state index contributed by atoms with van der Waals surface area (Å²) in [4.78, 5) is 4.87. The van der Waals surface area contributed by atoms with Gasteiger partial charge in [-0.05, 0) is 43.0 Å².